The third-order valence-corrected chi connectivity index (χ3v) is 4.03. The summed E-state index contributed by atoms with van der Waals surface area (Å²) in [5, 5.41) is 6.75. The molecule has 0 spiro atoms. The molecule has 7 heteroatoms. The van der Waals surface area contributed by atoms with Gasteiger partial charge in [0.2, 0.25) is 12.7 Å². The van der Waals surface area contributed by atoms with Crippen LogP contribution in [0.25, 0.3) is 11.3 Å². The number of rotatable bonds is 6. The van der Waals surface area contributed by atoms with Crippen molar-refractivity contribution in [1.82, 2.24) is 5.16 Å². The smallest absolute Gasteiger partial charge is 0.250 e. The lowest BCUT2D eigenvalue weighted by Gasteiger charge is -2.05. The Balaban J connectivity index is 1.29. The highest BCUT2D eigenvalue weighted by atomic mass is 16.7. The number of carbonyl (C=O) groups is 1. The Morgan fingerprint density at radius 3 is 2.78 bits per heavy atom. The third kappa shape index (κ3) is 4.09. The van der Waals surface area contributed by atoms with Crippen LogP contribution >= 0.6 is 0 Å². The molecule has 1 aliphatic rings. The number of carbonyl (C=O) groups excluding carboxylic acids is 1. The average Bonchev–Trinajstić information content (AvgIpc) is 3.32. The number of aryl methyl sites for hydroxylation is 1. The second kappa shape index (κ2) is 7.51. The number of benzene rings is 2. The molecule has 4 rings (SSSR count). The fourth-order valence-electron chi connectivity index (χ4n) is 2.65. The minimum Gasteiger partial charge on any atom is -0.454 e. The molecule has 0 bridgehead atoms. The van der Waals surface area contributed by atoms with Gasteiger partial charge in [-0.05, 0) is 37.3 Å². The number of hydrogen-bond acceptors (Lipinski definition) is 6. The number of nitrogens with one attached hydrogen (secondary N) is 1. The van der Waals surface area contributed by atoms with Gasteiger partial charge in [-0.1, -0.05) is 22.9 Å². The van der Waals surface area contributed by atoms with Crippen LogP contribution in [0.3, 0.4) is 0 Å². The molecule has 2 aromatic carbocycles. The number of hydrogen-bond donors (Lipinski definition) is 1. The van der Waals surface area contributed by atoms with Crippen LogP contribution in [0.15, 0.2) is 53.1 Å². The van der Waals surface area contributed by atoms with Crippen LogP contribution < -0.4 is 14.8 Å². The first-order valence-corrected chi connectivity index (χ1v) is 8.47. The molecule has 0 saturated carbocycles. The highest BCUT2D eigenvalue weighted by Crippen LogP contribution is 2.36. The van der Waals surface area contributed by atoms with Crippen molar-refractivity contribution in [1.29, 1.82) is 0 Å². The lowest BCUT2D eigenvalue weighted by Crippen LogP contribution is -2.18. The molecule has 0 unspecified atom stereocenters. The second-order valence-corrected chi connectivity index (χ2v) is 6.16. The predicted octanol–water partition coefficient (Wildman–Crippen LogP) is 3.53. The van der Waals surface area contributed by atoms with E-state index in [0.717, 1.165) is 16.8 Å². The molecule has 1 aliphatic heterocycles. The van der Waals surface area contributed by atoms with Crippen LogP contribution in [0.1, 0.15) is 11.3 Å². The van der Waals surface area contributed by atoms with Gasteiger partial charge in [-0.2, -0.15) is 0 Å². The summed E-state index contributed by atoms with van der Waals surface area (Å²) in [6.07, 6.45) is 0. The van der Waals surface area contributed by atoms with Crippen molar-refractivity contribution in [3.63, 3.8) is 0 Å². The monoisotopic (exact) mass is 366 g/mol. The Bertz CT molecular complexity index is 949. The van der Waals surface area contributed by atoms with Crippen molar-refractivity contribution >= 4 is 11.6 Å². The molecule has 1 aromatic heterocycles. The summed E-state index contributed by atoms with van der Waals surface area (Å²) in [7, 11) is 0. The Morgan fingerprint density at radius 2 is 1.93 bits per heavy atom. The van der Waals surface area contributed by atoms with Crippen molar-refractivity contribution in [3.8, 4) is 22.8 Å². The molecule has 0 fully saturated rings. The van der Waals surface area contributed by atoms with Crippen molar-refractivity contribution in [2.45, 2.75) is 13.5 Å². The Morgan fingerprint density at radius 1 is 1.11 bits per heavy atom. The van der Waals surface area contributed by atoms with E-state index < -0.39 is 0 Å². The molecule has 1 amide bonds. The van der Waals surface area contributed by atoms with Crippen LogP contribution in [0.4, 0.5) is 5.69 Å². The Hall–Kier alpha value is -3.32. The predicted molar refractivity (Wildman–Crippen MR) is 97.5 cm³/mol. The van der Waals surface area contributed by atoms with Gasteiger partial charge in [0.1, 0.15) is 12.3 Å². The van der Waals surface area contributed by atoms with Gasteiger partial charge < -0.3 is 24.1 Å². The number of ether oxygens (including phenoxy) is 3. The van der Waals surface area contributed by atoms with Crippen molar-refractivity contribution in [2.75, 3.05) is 18.7 Å². The molecule has 138 valence electrons. The van der Waals surface area contributed by atoms with E-state index in [0.29, 0.717) is 23.0 Å². The SMILES string of the molecule is Cc1ccc(NC(=O)COCc2cc(-c3ccc4c(c3)OCO4)on2)cc1. The minimum absolute atomic E-state index is 0.0694. The number of fused-ring (bicyclic) bond motifs is 1. The van der Waals surface area contributed by atoms with Crippen LogP contribution in [-0.4, -0.2) is 24.5 Å². The highest BCUT2D eigenvalue weighted by molar-refractivity contribution is 5.91. The van der Waals surface area contributed by atoms with E-state index in [1.165, 1.54) is 0 Å². The van der Waals surface area contributed by atoms with Gasteiger partial charge in [0, 0.05) is 17.3 Å². The van der Waals surface area contributed by atoms with Gasteiger partial charge in [-0.25, -0.2) is 0 Å². The number of anilines is 1. The van der Waals surface area contributed by atoms with E-state index in [1.54, 1.807) is 6.07 Å². The zero-order chi connectivity index (χ0) is 18.6. The fraction of sp³-hybridized carbons (Fsp3) is 0.200. The topological polar surface area (TPSA) is 82.8 Å². The summed E-state index contributed by atoms with van der Waals surface area (Å²) >= 11 is 0. The summed E-state index contributed by atoms with van der Waals surface area (Å²) in [4.78, 5) is 11.9. The first kappa shape index (κ1) is 17.1. The van der Waals surface area contributed by atoms with E-state index in [4.69, 9.17) is 18.7 Å². The number of aromatic nitrogens is 1. The lowest BCUT2D eigenvalue weighted by molar-refractivity contribution is -0.121. The average molecular weight is 366 g/mol. The molecule has 3 aromatic rings. The third-order valence-electron chi connectivity index (χ3n) is 4.03. The first-order chi connectivity index (χ1) is 13.2. The van der Waals surface area contributed by atoms with Gasteiger partial charge in [0.05, 0.1) is 6.61 Å². The van der Waals surface area contributed by atoms with Gasteiger partial charge in [-0.15, -0.1) is 0 Å². The zero-order valence-corrected chi connectivity index (χ0v) is 14.7. The quantitative estimate of drug-likeness (QED) is 0.719. The van der Waals surface area contributed by atoms with E-state index in [1.807, 2.05) is 49.4 Å². The van der Waals surface area contributed by atoms with E-state index in [9.17, 15) is 4.79 Å². The molecule has 0 aliphatic carbocycles. The number of nitrogens with zero attached hydrogens (tertiary/aromatic N) is 1. The maximum atomic E-state index is 11.9. The molecule has 0 saturated heterocycles. The molecular formula is C20H18N2O5. The number of amides is 1. The zero-order valence-electron chi connectivity index (χ0n) is 14.7. The van der Waals surface area contributed by atoms with Crippen LogP contribution in [0.5, 0.6) is 11.5 Å². The second-order valence-electron chi connectivity index (χ2n) is 6.16. The summed E-state index contributed by atoms with van der Waals surface area (Å²) in [5.74, 6) is 1.75. The molecular weight excluding hydrogens is 348 g/mol. The van der Waals surface area contributed by atoms with Gasteiger partial charge >= 0.3 is 0 Å². The van der Waals surface area contributed by atoms with Crippen LogP contribution in [-0.2, 0) is 16.1 Å². The molecule has 0 atom stereocenters. The van der Waals surface area contributed by atoms with E-state index in [-0.39, 0.29) is 25.9 Å². The van der Waals surface area contributed by atoms with Gasteiger partial charge in [0.15, 0.2) is 17.3 Å². The van der Waals surface area contributed by atoms with Gasteiger partial charge in [0.25, 0.3) is 0 Å². The summed E-state index contributed by atoms with van der Waals surface area (Å²) in [6, 6.07) is 14.9. The Labute approximate surface area is 155 Å². The minimum atomic E-state index is -0.224. The maximum Gasteiger partial charge on any atom is 0.250 e. The molecule has 27 heavy (non-hydrogen) atoms. The summed E-state index contributed by atoms with van der Waals surface area (Å²) in [5.41, 5.74) is 3.30. The fourth-order valence-corrected chi connectivity index (χ4v) is 2.65. The van der Waals surface area contributed by atoms with Crippen LogP contribution in [0.2, 0.25) is 0 Å². The van der Waals surface area contributed by atoms with Crippen molar-refractivity contribution < 1.29 is 23.5 Å². The van der Waals surface area contributed by atoms with E-state index in [2.05, 4.69) is 10.5 Å². The first-order valence-electron chi connectivity index (χ1n) is 8.47. The van der Waals surface area contributed by atoms with Crippen molar-refractivity contribution in [2.24, 2.45) is 0 Å². The van der Waals surface area contributed by atoms with Crippen molar-refractivity contribution in [3.05, 3.63) is 59.8 Å². The van der Waals surface area contributed by atoms with Crippen LogP contribution in [0, 0.1) is 6.92 Å². The highest BCUT2D eigenvalue weighted by Gasteiger charge is 2.16. The maximum absolute atomic E-state index is 11.9. The molecule has 2 heterocycles. The summed E-state index contributed by atoms with van der Waals surface area (Å²) < 4.78 is 21.4. The standard InChI is InChI=1S/C20H18N2O5/c1-13-2-5-15(6-3-13)21-20(23)11-24-10-16-9-18(27-22-16)14-4-7-17-19(8-14)26-12-25-17/h2-9H,10-12H2,1H3,(H,21,23). The Kier molecular flexibility index (Phi) is 4.76. The van der Waals surface area contributed by atoms with Gasteiger partial charge in [-0.3, -0.25) is 4.79 Å². The molecule has 0 radical (unpaired) electrons. The molecule has 1 N–H and O–H groups in total. The normalized spacial score (nSPS) is 12.2. The lowest BCUT2D eigenvalue weighted by atomic mass is 10.1. The summed E-state index contributed by atoms with van der Waals surface area (Å²) in [6.45, 7) is 2.32. The van der Waals surface area contributed by atoms with E-state index >= 15 is 0 Å². The molecule has 7 nitrogen and oxygen atoms in total. The largest absolute Gasteiger partial charge is 0.454 e.